The summed E-state index contributed by atoms with van der Waals surface area (Å²) in [6.07, 6.45) is 3.05. The molecule has 0 saturated carbocycles. The molecule has 1 aliphatic heterocycles. The fraction of sp³-hybridized carbons (Fsp3) is 0.280. The Morgan fingerprint density at radius 2 is 1.94 bits per heavy atom. The number of aromatic carboxylic acids is 1. The number of aromatic nitrogens is 1. The van der Waals surface area contributed by atoms with E-state index in [1.807, 2.05) is 0 Å². The first-order chi connectivity index (χ1) is 14.9. The molecule has 3 aromatic rings. The van der Waals surface area contributed by atoms with Crippen molar-refractivity contribution in [1.29, 1.82) is 0 Å². The number of carboxylic acid groups (broad SMARTS) is 1. The second kappa shape index (κ2) is 8.78. The SMILES string of the molecule is CC(C)c1ccc(N(C)c2ccc3c(c2)CN[C@H]3CNc2cnccc2C(=O)O)cc1. The smallest absolute Gasteiger partial charge is 0.337 e. The Morgan fingerprint density at radius 3 is 2.65 bits per heavy atom. The molecule has 3 N–H and O–H groups in total. The van der Waals surface area contributed by atoms with Crippen molar-refractivity contribution in [3.8, 4) is 0 Å². The molecule has 6 heteroatoms. The molecule has 2 aromatic carbocycles. The molecule has 1 atom stereocenters. The van der Waals surface area contributed by atoms with Crippen LogP contribution in [0.1, 0.15) is 52.9 Å². The van der Waals surface area contributed by atoms with Crippen LogP contribution in [0.15, 0.2) is 60.9 Å². The zero-order chi connectivity index (χ0) is 22.0. The van der Waals surface area contributed by atoms with E-state index in [0.29, 0.717) is 18.2 Å². The van der Waals surface area contributed by atoms with Gasteiger partial charge in [0.2, 0.25) is 0 Å². The average Bonchev–Trinajstić information content (AvgIpc) is 3.19. The number of hydrogen-bond acceptors (Lipinski definition) is 5. The van der Waals surface area contributed by atoms with E-state index in [2.05, 4.69) is 83.9 Å². The predicted octanol–water partition coefficient (Wildman–Crippen LogP) is 4.93. The summed E-state index contributed by atoms with van der Waals surface area (Å²) in [5, 5.41) is 16.1. The Hall–Kier alpha value is -3.38. The first-order valence-corrected chi connectivity index (χ1v) is 10.5. The van der Waals surface area contributed by atoms with E-state index in [0.717, 1.165) is 17.9 Å². The van der Waals surface area contributed by atoms with Gasteiger partial charge in [0.25, 0.3) is 0 Å². The Bertz CT molecular complexity index is 1080. The van der Waals surface area contributed by atoms with Crippen molar-refractivity contribution in [2.75, 3.05) is 23.8 Å². The molecule has 6 nitrogen and oxygen atoms in total. The highest BCUT2D eigenvalue weighted by atomic mass is 16.4. The van der Waals surface area contributed by atoms with Crippen LogP contribution in [0.5, 0.6) is 0 Å². The van der Waals surface area contributed by atoms with Crippen LogP contribution in [-0.4, -0.2) is 29.7 Å². The van der Waals surface area contributed by atoms with Gasteiger partial charge >= 0.3 is 5.97 Å². The van der Waals surface area contributed by atoms with Crippen molar-refractivity contribution in [3.05, 3.63) is 83.2 Å². The van der Waals surface area contributed by atoms with Gasteiger partial charge in [-0.25, -0.2) is 4.79 Å². The number of fused-ring (bicyclic) bond motifs is 1. The molecule has 0 fully saturated rings. The third kappa shape index (κ3) is 4.39. The number of carbonyl (C=O) groups is 1. The van der Waals surface area contributed by atoms with Gasteiger partial charge in [-0.15, -0.1) is 0 Å². The number of rotatable bonds is 7. The average molecular weight is 417 g/mol. The molecular formula is C25H28N4O2. The third-order valence-electron chi connectivity index (χ3n) is 5.92. The lowest BCUT2D eigenvalue weighted by Gasteiger charge is -2.21. The molecule has 1 aliphatic rings. The second-order valence-corrected chi connectivity index (χ2v) is 8.23. The van der Waals surface area contributed by atoms with Gasteiger partial charge in [-0.3, -0.25) is 4.98 Å². The lowest BCUT2D eigenvalue weighted by Crippen LogP contribution is -2.22. The van der Waals surface area contributed by atoms with Crippen LogP contribution in [0.4, 0.5) is 17.1 Å². The van der Waals surface area contributed by atoms with Gasteiger partial charge < -0.3 is 20.6 Å². The topological polar surface area (TPSA) is 77.5 Å². The second-order valence-electron chi connectivity index (χ2n) is 8.23. The Morgan fingerprint density at radius 1 is 1.19 bits per heavy atom. The zero-order valence-electron chi connectivity index (χ0n) is 18.1. The maximum atomic E-state index is 11.4. The van der Waals surface area contributed by atoms with Gasteiger partial charge in [-0.05, 0) is 52.9 Å². The summed E-state index contributed by atoms with van der Waals surface area (Å²) in [7, 11) is 2.09. The quantitative estimate of drug-likeness (QED) is 0.507. The minimum absolute atomic E-state index is 0.113. The molecule has 0 radical (unpaired) electrons. The van der Waals surface area contributed by atoms with E-state index in [9.17, 15) is 9.90 Å². The number of anilines is 3. The van der Waals surface area contributed by atoms with E-state index in [-0.39, 0.29) is 11.6 Å². The summed E-state index contributed by atoms with van der Waals surface area (Å²) in [5.41, 5.74) is 6.91. The number of hydrogen-bond donors (Lipinski definition) is 3. The van der Waals surface area contributed by atoms with Crippen molar-refractivity contribution in [2.45, 2.75) is 32.4 Å². The van der Waals surface area contributed by atoms with Crippen LogP contribution in [-0.2, 0) is 6.54 Å². The lowest BCUT2D eigenvalue weighted by molar-refractivity contribution is 0.0697. The van der Waals surface area contributed by atoms with E-state index >= 15 is 0 Å². The fourth-order valence-corrected chi connectivity index (χ4v) is 3.98. The maximum absolute atomic E-state index is 11.4. The predicted molar refractivity (Wildman–Crippen MR) is 124 cm³/mol. The fourth-order valence-electron chi connectivity index (χ4n) is 3.98. The molecule has 4 rings (SSSR count). The number of pyridine rings is 1. The molecule has 0 bridgehead atoms. The highest BCUT2D eigenvalue weighted by molar-refractivity contribution is 5.93. The van der Waals surface area contributed by atoms with Crippen molar-refractivity contribution in [2.24, 2.45) is 0 Å². The van der Waals surface area contributed by atoms with E-state index < -0.39 is 5.97 Å². The summed E-state index contributed by atoms with van der Waals surface area (Å²) < 4.78 is 0. The van der Waals surface area contributed by atoms with Crippen molar-refractivity contribution in [1.82, 2.24) is 10.3 Å². The largest absolute Gasteiger partial charge is 0.478 e. The first kappa shape index (κ1) is 20.9. The summed E-state index contributed by atoms with van der Waals surface area (Å²) in [5.74, 6) is -0.437. The molecular weight excluding hydrogens is 388 g/mol. The summed E-state index contributed by atoms with van der Waals surface area (Å²) in [4.78, 5) is 17.6. The van der Waals surface area contributed by atoms with Crippen LogP contribution in [0.3, 0.4) is 0 Å². The van der Waals surface area contributed by atoms with Gasteiger partial charge in [0.15, 0.2) is 0 Å². The highest BCUT2D eigenvalue weighted by Gasteiger charge is 2.23. The molecule has 0 spiro atoms. The minimum atomic E-state index is -0.959. The van der Waals surface area contributed by atoms with Crippen molar-refractivity contribution in [3.63, 3.8) is 0 Å². The minimum Gasteiger partial charge on any atom is -0.478 e. The van der Waals surface area contributed by atoms with Gasteiger partial charge in [-0.1, -0.05) is 32.0 Å². The van der Waals surface area contributed by atoms with Crippen molar-refractivity contribution >= 4 is 23.0 Å². The third-order valence-corrected chi connectivity index (χ3v) is 5.92. The van der Waals surface area contributed by atoms with Crippen LogP contribution in [0.25, 0.3) is 0 Å². The molecule has 31 heavy (non-hydrogen) atoms. The van der Waals surface area contributed by atoms with E-state index in [1.54, 1.807) is 6.20 Å². The zero-order valence-corrected chi connectivity index (χ0v) is 18.1. The van der Waals surface area contributed by atoms with Crippen LogP contribution >= 0.6 is 0 Å². The van der Waals surface area contributed by atoms with Gasteiger partial charge in [0.1, 0.15) is 0 Å². The maximum Gasteiger partial charge on any atom is 0.337 e. The lowest BCUT2D eigenvalue weighted by atomic mass is 10.0. The van der Waals surface area contributed by atoms with Gasteiger partial charge in [-0.2, -0.15) is 0 Å². The molecule has 0 aliphatic carbocycles. The van der Waals surface area contributed by atoms with Gasteiger partial charge in [0, 0.05) is 37.7 Å². The first-order valence-electron chi connectivity index (χ1n) is 10.5. The molecule has 0 unspecified atom stereocenters. The summed E-state index contributed by atoms with van der Waals surface area (Å²) in [6.45, 7) is 5.78. The van der Waals surface area contributed by atoms with E-state index in [4.69, 9.17) is 0 Å². The molecule has 1 aromatic heterocycles. The number of benzene rings is 2. The Balaban J connectivity index is 1.47. The number of nitrogens with zero attached hydrogens (tertiary/aromatic N) is 2. The molecule has 0 amide bonds. The molecule has 160 valence electrons. The molecule has 0 saturated heterocycles. The van der Waals surface area contributed by atoms with Gasteiger partial charge in [0.05, 0.1) is 23.5 Å². The Kier molecular flexibility index (Phi) is 5.91. The summed E-state index contributed by atoms with van der Waals surface area (Å²) in [6, 6.07) is 16.9. The standard InChI is InChI=1S/C25H28N4O2/c1-16(2)17-4-6-19(7-5-17)29(3)20-8-9-21-18(12-20)13-27-24(21)15-28-23-14-26-11-10-22(23)25(30)31/h4-12,14,16,24,27-28H,13,15H2,1-3H3,(H,30,31)/t24-/m0/s1. The van der Waals surface area contributed by atoms with Crippen LogP contribution < -0.4 is 15.5 Å². The van der Waals surface area contributed by atoms with E-state index in [1.165, 1.54) is 29.0 Å². The highest BCUT2D eigenvalue weighted by Crippen LogP contribution is 2.32. The Labute approximate surface area is 182 Å². The summed E-state index contributed by atoms with van der Waals surface area (Å²) >= 11 is 0. The van der Waals surface area contributed by atoms with Crippen molar-refractivity contribution < 1.29 is 9.90 Å². The van der Waals surface area contributed by atoms with Crippen LogP contribution in [0.2, 0.25) is 0 Å². The van der Waals surface area contributed by atoms with Crippen LogP contribution in [0, 0.1) is 0 Å². The number of carboxylic acids is 1. The monoisotopic (exact) mass is 416 g/mol. The normalized spacial score (nSPS) is 15.0. The number of nitrogens with one attached hydrogen (secondary N) is 2. The molecule has 2 heterocycles.